The summed E-state index contributed by atoms with van der Waals surface area (Å²) < 4.78 is 5.18. The number of carbonyl (C=O) groups excluding carboxylic acids is 1. The Kier molecular flexibility index (Phi) is 5.88. The third kappa shape index (κ3) is 4.29. The van der Waals surface area contributed by atoms with Gasteiger partial charge in [-0.05, 0) is 35.6 Å². The summed E-state index contributed by atoms with van der Waals surface area (Å²) >= 11 is 3.08. The van der Waals surface area contributed by atoms with Crippen LogP contribution in [0.2, 0.25) is 0 Å². The van der Waals surface area contributed by atoms with Gasteiger partial charge in [0.1, 0.15) is 5.75 Å². The number of thiophene rings is 1. The number of hydrogen-bond donors (Lipinski definition) is 0. The minimum atomic E-state index is -0.0889. The van der Waals surface area contributed by atoms with Gasteiger partial charge in [-0.25, -0.2) is 0 Å². The highest BCUT2D eigenvalue weighted by atomic mass is 32.2. The lowest BCUT2D eigenvalue weighted by atomic mass is 10.2. The first-order valence-electron chi connectivity index (χ1n) is 7.96. The molecule has 1 amide bonds. The van der Waals surface area contributed by atoms with Crippen molar-refractivity contribution in [1.29, 1.82) is 0 Å². The normalized spacial score (nSPS) is 19.3. The number of nitrogens with zero attached hydrogens (tertiary/aromatic N) is 3. The number of benzene rings is 1. The smallest absolute Gasteiger partial charge is 0.242 e. The number of rotatable bonds is 6. The van der Waals surface area contributed by atoms with E-state index in [0.29, 0.717) is 11.7 Å². The van der Waals surface area contributed by atoms with E-state index in [-0.39, 0.29) is 11.2 Å². The molecular formula is C18H19N3O2S2. The zero-order valence-corrected chi connectivity index (χ0v) is 15.7. The van der Waals surface area contributed by atoms with E-state index in [4.69, 9.17) is 4.74 Å². The minimum absolute atomic E-state index is 0.0889. The number of amidine groups is 1. The molecule has 5 nitrogen and oxygen atoms in total. The molecule has 1 atom stereocenters. The maximum atomic E-state index is 12.6. The molecule has 0 saturated carbocycles. The van der Waals surface area contributed by atoms with E-state index in [0.717, 1.165) is 22.6 Å². The second-order valence-corrected chi connectivity index (χ2v) is 7.58. The predicted octanol–water partition coefficient (Wildman–Crippen LogP) is 4.00. The lowest BCUT2D eigenvalue weighted by molar-refractivity contribution is -0.126. The topological polar surface area (TPSA) is 54.3 Å². The number of ether oxygens (including phenoxy) is 1. The molecule has 0 bridgehead atoms. The highest BCUT2D eigenvalue weighted by molar-refractivity contribution is 8.15. The molecule has 0 spiro atoms. The van der Waals surface area contributed by atoms with Crippen LogP contribution in [0.1, 0.15) is 23.8 Å². The molecule has 130 valence electrons. The molecule has 1 aromatic heterocycles. The Bertz CT molecular complexity index is 770. The summed E-state index contributed by atoms with van der Waals surface area (Å²) in [7, 11) is 1.64. The second kappa shape index (κ2) is 8.31. The fraction of sp³-hybridized carbons (Fsp3) is 0.278. The van der Waals surface area contributed by atoms with Crippen LogP contribution in [-0.4, -0.2) is 34.5 Å². The molecule has 3 rings (SSSR count). The predicted molar refractivity (Wildman–Crippen MR) is 105 cm³/mol. The largest absolute Gasteiger partial charge is 0.497 e. The van der Waals surface area contributed by atoms with Crippen molar-refractivity contribution in [3.63, 3.8) is 0 Å². The second-order valence-electron chi connectivity index (χ2n) is 5.43. The van der Waals surface area contributed by atoms with Crippen LogP contribution in [0.3, 0.4) is 0 Å². The number of thioether (sulfide) groups is 1. The van der Waals surface area contributed by atoms with Gasteiger partial charge in [-0.2, -0.15) is 5.10 Å². The van der Waals surface area contributed by atoms with Crippen molar-refractivity contribution < 1.29 is 9.53 Å². The average molecular weight is 374 g/mol. The molecule has 1 aliphatic heterocycles. The first-order chi connectivity index (χ1) is 12.2. The molecule has 1 aromatic carbocycles. The Morgan fingerprint density at radius 3 is 2.72 bits per heavy atom. The first kappa shape index (κ1) is 17.7. The lowest BCUT2D eigenvalue weighted by Gasteiger charge is -2.16. The van der Waals surface area contributed by atoms with Gasteiger partial charge in [-0.3, -0.25) is 9.69 Å². The molecule has 2 heterocycles. The van der Waals surface area contributed by atoms with Crippen LogP contribution in [-0.2, 0) is 11.3 Å². The highest BCUT2D eigenvalue weighted by Gasteiger charge is 2.36. The Morgan fingerprint density at radius 1 is 1.28 bits per heavy atom. The van der Waals surface area contributed by atoms with Gasteiger partial charge in [0.05, 0.1) is 25.1 Å². The van der Waals surface area contributed by atoms with E-state index in [1.807, 2.05) is 48.7 Å². The Morgan fingerprint density at radius 2 is 2.08 bits per heavy atom. The van der Waals surface area contributed by atoms with Crippen LogP contribution in [0.4, 0.5) is 0 Å². The van der Waals surface area contributed by atoms with E-state index in [1.54, 1.807) is 29.6 Å². The molecule has 1 fully saturated rings. The third-order valence-electron chi connectivity index (χ3n) is 3.76. The van der Waals surface area contributed by atoms with Gasteiger partial charge in [-0.1, -0.05) is 36.9 Å². The van der Waals surface area contributed by atoms with Gasteiger partial charge in [0, 0.05) is 4.88 Å². The lowest BCUT2D eigenvalue weighted by Crippen LogP contribution is -2.31. The monoisotopic (exact) mass is 373 g/mol. The first-order valence-corrected chi connectivity index (χ1v) is 9.72. The average Bonchev–Trinajstić information content (AvgIpc) is 3.25. The van der Waals surface area contributed by atoms with Gasteiger partial charge in [0.15, 0.2) is 5.17 Å². The number of amides is 1. The zero-order valence-electron chi connectivity index (χ0n) is 14.1. The molecule has 0 N–H and O–H groups in total. The maximum Gasteiger partial charge on any atom is 0.242 e. The van der Waals surface area contributed by atoms with Gasteiger partial charge in [0.2, 0.25) is 5.91 Å². The third-order valence-corrected chi connectivity index (χ3v) is 5.90. The van der Waals surface area contributed by atoms with Gasteiger partial charge in [-0.15, -0.1) is 16.4 Å². The van der Waals surface area contributed by atoms with Crippen molar-refractivity contribution in [2.45, 2.75) is 25.1 Å². The van der Waals surface area contributed by atoms with Gasteiger partial charge >= 0.3 is 0 Å². The number of hydrogen-bond acceptors (Lipinski definition) is 6. The van der Waals surface area contributed by atoms with Crippen LogP contribution in [0.25, 0.3) is 0 Å². The van der Waals surface area contributed by atoms with Crippen LogP contribution in [0, 0.1) is 0 Å². The van der Waals surface area contributed by atoms with Crippen LogP contribution in [0.15, 0.2) is 52.0 Å². The summed E-state index contributed by atoms with van der Waals surface area (Å²) in [6.07, 6.45) is 2.49. The van der Waals surface area contributed by atoms with E-state index < -0.39 is 0 Å². The minimum Gasteiger partial charge on any atom is -0.497 e. The Balaban J connectivity index is 1.78. The van der Waals surface area contributed by atoms with E-state index in [1.165, 1.54) is 11.8 Å². The van der Waals surface area contributed by atoms with E-state index in [2.05, 4.69) is 10.2 Å². The highest BCUT2D eigenvalue weighted by Crippen LogP contribution is 2.31. The van der Waals surface area contributed by atoms with Crippen molar-refractivity contribution in [1.82, 2.24) is 4.90 Å². The number of methoxy groups -OCH3 is 1. The molecule has 1 unspecified atom stereocenters. The number of carbonyl (C=O) groups is 1. The summed E-state index contributed by atoms with van der Waals surface area (Å²) in [6.45, 7) is 2.50. The van der Waals surface area contributed by atoms with Crippen molar-refractivity contribution in [2.24, 2.45) is 10.2 Å². The standard InChI is InChI=1S/C18H19N3O2S2/c1-3-16-17(22)21(12-13-6-8-14(23-2)9-7-13)18(25-16)20-19-11-15-5-4-10-24-15/h4-11,16H,3,12H2,1-2H3/b19-11+,20-18-. The van der Waals surface area contributed by atoms with Gasteiger partial charge in [0.25, 0.3) is 0 Å². The molecular weight excluding hydrogens is 354 g/mol. The van der Waals surface area contributed by atoms with E-state index in [9.17, 15) is 4.79 Å². The molecule has 0 aliphatic carbocycles. The zero-order chi connectivity index (χ0) is 17.6. The SMILES string of the molecule is CCC1S/C(=N\N=C\c2cccs2)N(Cc2ccc(OC)cc2)C1=O. The summed E-state index contributed by atoms with van der Waals surface area (Å²) in [5.74, 6) is 0.889. The molecule has 25 heavy (non-hydrogen) atoms. The summed E-state index contributed by atoms with van der Waals surface area (Å²) in [6, 6.07) is 11.7. The quantitative estimate of drug-likeness (QED) is 0.568. The summed E-state index contributed by atoms with van der Waals surface area (Å²) in [5, 5.41) is 11.0. The summed E-state index contributed by atoms with van der Waals surface area (Å²) in [4.78, 5) is 15.4. The van der Waals surface area contributed by atoms with Crippen molar-refractivity contribution in [3.05, 3.63) is 52.2 Å². The Labute approximate surface area is 155 Å². The molecule has 7 heteroatoms. The summed E-state index contributed by atoms with van der Waals surface area (Å²) in [5.41, 5.74) is 1.03. The van der Waals surface area contributed by atoms with Crippen molar-refractivity contribution in [2.75, 3.05) is 7.11 Å². The van der Waals surface area contributed by atoms with Crippen molar-refractivity contribution >= 4 is 40.4 Å². The van der Waals surface area contributed by atoms with Crippen LogP contribution >= 0.6 is 23.1 Å². The van der Waals surface area contributed by atoms with Crippen molar-refractivity contribution in [3.8, 4) is 5.75 Å². The van der Waals surface area contributed by atoms with E-state index >= 15 is 0 Å². The maximum absolute atomic E-state index is 12.6. The van der Waals surface area contributed by atoms with Crippen LogP contribution in [0.5, 0.6) is 5.75 Å². The van der Waals surface area contributed by atoms with Crippen LogP contribution < -0.4 is 4.74 Å². The molecule has 1 aliphatic rings. The fourth-order valence-electron chi connectivity index (χ4n) is 2.40. The molecule has 2 aromatic rings. The molecule has 0 radical (unpaired) electrons. The fourth-order valence-corrected chi connectivity index (χ4v) is 4.01. The van der Waals surface area contributed by atoms with Gasteiger partial charge < -0.3 is 4.74 Å². The Hall–Kier alpha value is -2.12. The molecule has 1 saturated heterocycles.